The van der Waals surface area contributed by atoms with Gasteiger partial charge in [0.15, 0.2) is 6.29 Å². The van der Waals surface area contributed by atoms with E-state index in [2.05, 4.69) is 17.1 Å². The van der Waals surface area contributed by atoms with Crippen molar-refractivity contribution in [3.05, 3.63) is 12.2 Å². The maximum Gasteiger partial charge on any atom is 0.303 e. The molecule has 0 aromatic rings. The third-order valence-electron chi connectivity index (χ3n) is 6.40. The molecule has 0 aromatic heterocycles. The molecule has 3 rings (SSSR count). The minimum absolute atomic E-state index is 0.0293. The van der Waals surface area contributed by atoms with Gasteiger partial charge in [0.2, 0.25) is 0 Å². The van der Waals surface area contributed by atoms with Crippen molar-refractivity contribution in [1.29, 1.82) is 0 Å². The van der Waals surface area contributed by atoms with E-state index in [-0.39, 0.29) is 36.9 Å². The van der Waals surface area contributed by atoms with Crippen molar-refractivity contribution >= 4 is 5.97 Å². The van der Waals surface area contributed by atoms with Crippen molar-refractivity contribution in [3.63, 3.8) is 0 Å². The summed E-state index contributed by atoms with van der Waals surface area (Å²) in [7, 11) is 0. The first-order valence-electron chi connectivity index (χ1n) is 11.2. The number of piperidine rings is 1. The molecule has 0 aromatic carbocycles. The standard InChI is InChI=1S/C22H37NO5/c24-18-16-19(28-21-12-6-9-15-27-21)22(23-13-7-3-8-14-23)17(18)10-4-1-2-5-11-20(25)26/h1,4,17-19,21-22,24H,2-3,5-16H2,(H,25,26). The summed E-state index contributed by atoms with van der Waals surface area (Å²) in [5, 5.41) is 19.5. The first kappa shape index (κ1) is 21.8. The van der Waals surface area contributed by atoms with Crippen LogP contribution in [-0.4, -0.2) is 65.3 Å². The van der Waals surface area contributed by atoms with E-state index in [4.69, 9.17) is 14.6 Å². The van der Waals surface area contributed by atoms with Crippen LogP contribution in [0, 0.1) is 5.92 Å². The zero-order chi connectivity index (χ0) is 19.8. The summed E-state index contributed by atoms with van der Waals surface area (Å²) in [5.74, 6) is -0.572. The number of carboxylic acids is 1. The number of aliphatic hydroxyl groups excluding tert-OH is 1. The molecule has 2 N–H and O–H groups in total. The van der Waals surface area contributed by atoms with Crippen LogP contribution in [-0.2, 0) is 14.3 Å². The quantitative estimate of drug-likeness (QED) is 0.460. The topological polar surface area (TPSA) is 79.2 Å². The van der Waals surface area contributed by atoms with Gasteiger partial charge in [-0.2, -0.15) is 0 Å². The Labute approximate surface area is 168 Å². The lowest BCUT2D eigenvalue weighted by molar-refractivity contribution is -0.198. The predicted octanol–water partition coefficient (Wildman–Crippen LogP) is 3.33. The fraction of sp³-hybridized carbons (Fsp3) is 0.864. The Hall–Kier alpha value is -0.950. The minimum Gasteiger partial charge on any atom is -0.481 e. The molecule has 6 heteroatoms. The Kier molecular flexibility index (Phi) is 8.77. The first-order chi connectivity index (χ1) is 13.6. The molecule has 6 nitrogen and oxygen atoms in total. The molecule has 0 amide bonds. The molecule has 2 saturated heterocycles. The fourth-order valence-electron chi connectivity index (χ4n) is 4.97. The van der Waals surface area contributed by atoms with Crippen molar-refractivity contribution in [1.82, 2.24) is 4.90 Å². The molecule has 2 heterocycles. The molecule has 3 aliphatic rings. The highest BCUT2D eigenvalue weighted by Gasteiger charge is 2.46. The van der Waals surface area contributed by atoms with Crippen LogP contribution in [0.25, 0.3) is 0 Å². The number of nitrogens with zero attached hydrogens (tertiary/aromatic N) is 1. The highest BCUT2D eigenvalue weighted by Crippen LogP contribution is 2.38. The Bertz CT molecular complexity index is 499. The Morgan fingerprint density at radius 1 is 1.14 bits per heavy atom. The summed E-state index contributed by atoms with van der Waals surface area (Å²) in [6, 6.07) is 0.240. The van der Waals surface area contributed by atoms with E-state index in [1.165, 1.54) is 19.3 Å². The summed E-state index contributed by atoms with van der Waals surface area (Å²) in [6.45, 7) is 2.94. The summed E-state index contributed by atoms with van der Waals surface area (Å²) >= 11 is 0. The van der Waals surface area contributed by atoms with Crippen LogP contribution in [0.2, 0.25) is 0 Å². The van der Waals surface area contributed by atoms with Crippen LogP contribution >= 0.6 is 0 Å². The van der Waals surface area contributed by atoms with Gasteiger partial charge in [0.05, 0.1) is 12.2 Å². The fourth-order valence-corrected chi connectivity index (χ4v) is 4.97. The average Bonchev–Trinajstić information content (AvgIpc) is 3.00. The number of hydrogen-bond donors (Lipinski definition) is 2. The molecule has 1 saturated carbocycles. The average molecular weight is 396 g/mol. The monoisotopic (exact) mass is 395 g/mol. The maximum atomic E-state index is 10.8. The molecule has 0 radical (unpaired) electrons. The SMILES string of the molecule is O=C(O)CCCC=CCC1C(O)CC(OC2CCCCO2)C1N1CCCCC1. The summed E-state index contributed by atoms with van der Waals surface area (Å²) in [6.07, 6.45) is 13.8. The van der Waals surface area contributed by atoms with Gasteiger partial charge in [-0.15, -0.1) is 0 Å². The predicted molar refractivity (Wildman–Crippen MR) is 107 cm³/mol. The third kappa shape index (κ3) is 6.28. The van der Waals surface area contributed by atoms with E-state index in [0.717, 1.165) is 51.8 Å². The van der Waals surface area contributed by atoms with Gasteiger partial charge in [0.25, 0.3) is 0 Å². The van der Waals surface area contributed by atoms with E-state index < -0.39 is 5.97 Å². The second kappa shape index (κ2) is 11.3. The molecule has 5 atom stereocenters. The van der Waals surface area contributed by atoms with Gasteiger partial charge in [-0.1, -0.05) is 18.6 Å². The molecule has 160 valence electrons. The van der Waals surface area contributed by atoms with Crippen LogP contribution < -0.4 is 0 Å². The summed E-state index contributed by atoms with van der Waals surface area (Å²) in [4.78, 5) is 13.2. The number of carboxylic acid groups (broad SMARTS) is 1. The van der Waals surface area contributed by atoms with Gasteiger partial charge in [0.1, 0.15) is 0 Å². The molecule has 3 fully saturated rings. The van der Waals surface area contributed by atoms with Crippen molar-refractivity contribution in [2.24, 2.45) is 5.92 Å². The zero-order valence-electron chi connectivity index (χ0n) is 17.0. The van der Waals surface area contributed by atoms with Gasteiger partial charge in [-0.25, -0.2) is 0 Å². The van der Waals surface area contributed by atoms with Gasteiger partial charge in [0, 0.05) is 31.4 Å². The molecule has 0 spiro atoms. The zero-order valence-corrected chi connectivity index (χ0v) is 17.0. The van der Waals surface area contributed by atoms with Crippen molar-refractivity contribution in [2.45, 2.75) is 95.2 Å². The Balaban J connectivity index is 1.59. The smallest absolute Gasteiger partial charge is 0.303 e. The minimum atomic E-state index is -0.741. The number of aliphatic hydroxyl groups is 1. The van der Waals surface area contributed by atoms with E-state index in [1.54, 1.807) is 0 Å². The summed E-state index contributed by atoms with van der Waals surface area (Å²) in [5.41, 5.74) is 0. The highest BCUT2D eigenvalue weighted by molar-refractivity contribution is 5.66. The van der Waals surface area contributed by atoms with Crippen LogP contribution in [0.1, 0.15) is 70.6 Å². The molecular formula is C22H37NO5. The molecule has 2 aliphatic heterocycles. The van der Waals surface area contributed by atoms with Crippen LogP contribution in [0.15, 0.2) is 12.2 Å². The van der Waals surface area contributed by atoms with Crippen molar-refractivity contribution < 1.29 is 24.5 Å². The van der Waals surface area contributed by atoms with E-state index >= 15 is 0 Å². The Morgan fingerprint density at radius 2 is 1.96 bits per heavy atom. The van der Waals surface area contributed by atoms with Gasteiger partial charge in [-0.3, -0.25) is 9.69 Å². The normalized spacial score (nSPS) is 34.8. The number of likely N-dealkylation sites (tertiary alicyclic amines) is 1. The second-order valence-electron chi connectivity index (χ2n) is 8.52. The second-order valence-corrected chi connectivity index (χ2v) is 8.52. The first-order valence-corrected chi connectivity index (χ1v) is 11.2. The lowest BCUT2D eigenvalue weighted by Gasteiger charge is -2.39. The number of allylic oxidation sites excluding steroid dienone is 2. The van der Waals surface area contributed by atoms with Gasteiger partial charge >= 0.3 is 5.97 Å². The summed E-state index contributed by atoms with van der Waals surface area (Å²) < 4.78 is 12.2. The van der Waals surface area contributed by atoms with E-state index in [0.29, 0.717) is 12.8 Å². The maximum absolute atomic E-state index is 10.8. The number of hydrogen-bond acceptors (Lipinski definition) is 5. The molecular weight excluding hydrogens is 358 g/mol. The number of unbranched alkanes of at least 4 members (excludes halogenated alkanes) is 1. The Morgan fingerprint density at radius 3 is 2.68 bits per heavy atom. The molecule has 0 bridgehead atoms. The van der Waals surface area contributed by atoms with Crippen LogP contribution in [0.4, 0.5) is 0 Å². The number of ether oxygens (including phenoxy) is 2. The highest BCUT2D eigenvalue weighted by atomic mass is 16.7. The van der Waals surface area contributed by atoms with Crippen molar-refractivity contribution in [2.75, 3.05) is 19.7 Å². The number of carbonyl (C=O) groups is 1. The largest absolute Gasteiger partial charge is 0.481 e. The van der Waals surface area contributed by atoms with Gasteiger partial charge in [-0.05, 0) is 64.5 Å². The number of rotatable bonds is 9. The van der Waals surface area contributed by atoms with Crippen LogP contribution in [0.5, 0.6) is 0 Å². The lowest BCUT2D eigenvalue weighted by Crippen LogP contribution is -2.49. The van der Waals surface area contributed by atoms with E-state index in [9.17, 15) is 9.90 Å². The number of aliphatic carboxylic acids is 1. The van der Waals surface area contributed by atoms with Crippen molar-refractivity contribution in [3.8, 4) is 0 Å². The molecule has 28 heavy (non-hydrogen) atoms. The van der Waals surface area contributed by atoms with Gasteiger partial charge < -0.3 is 19.7 Å². The molecule has 5 unspecified atom stereocenters. The molecule has 1 aliphatic carbocycles. The lowest BCUT2D eigenvalue weighted by atomic mass is 9.93. The van der Waals surface area contributed by atoms with E-state index in [1.807, 2.05) is 0 Å². The van der Waals surface area contributed by atoms with Crippen LogP contribution in [0.3, 0.4) is 0 Å². The third-order valence-corrected chi connectivity index (χ3v) is 6.40.